The summed E-state index contributed by atoms with van der Waals surface area (Å²) in [5.41, 5.74) is 15.6. The number of rotatable bonds is 9. The van der Waals surface area contributed by atoms with Gasteiger partial charge < -0.3 is 32.4 Å². The van der Waals surface area contributed by atoms with Crippen LogP contribution in [0.4, 0.5) is 5.82 Å². The minimum atomic E-state index is 0.162. The Labute approximate surface area is 194 Å². The molecule has 7 N–H and O–H groups in total. The molecule has 9 nitrogen and oxygen atoms in total. The number of anilines is 1. The van der Waals surface area contributed by atoms with Crippen molar-refractivity contribution < 1.29 is 4.79 Å². The normalized spacial score (nSPS) is 17.7. The Balaban J connectivity index is 1.76. The third-order valence-corrected chi connectivity index (χ3v) is 5.72. The largest absolute Gasteiger partial charge is 0.404 e. The minimum Gasteiger partial charge on any atom is -0.404 e. The molecule has 0 aliphatic carbocycles. The number of carbonyl (C=O) groups excluding carboxylic acids is 1. The maximum absolute atomic E-state index is 11.7. The molecule has 3 rings (SSSR count). The summed E-state index contributed by atoms with van der Waals surface area (Å²) in [6.07, 6.45) is 9.53. The number of hydrogen-bond donors (Lipinski definition) is 5. The van der Waals surface area contributed by atoms with Crippen molar-refractivity contribution in [1.29, 1.82) is 5.41 Å². The van der Waals surface area contributed by atoms with E-state index in [9.17, 15) is 4.79 Å². The van der Waals surface area contributed by atoms with Crippen molar-refractivity contribution in [2.75, 3.05) is 18.9 Å². The molecule has 0 saturated carbocycles. The van der Waals surface area contributed by atoms with Crippen molar-refractivity contribution in [2.45, 2.75) is 32.7 Å². The first kappa shape index (κ1) is 23.8. The van der Waals surface area contributed by atoms with Crippen molar-refractivity contribution in [1.82, 2.24) is 20.2 Å². The van der Waals surface area contributed by atoms with Crippen LogP contribution in [0.25, 0.3) is 16.6 Å². The lowest BCUT2D eigenvalue weighted by molar-refractivity contribution is -0.127. The van der Waals surface area contributed by atoms with E-state index >= 15 is 0 Å². The van der Waals surface area contributed by atoms with E-state index in [1.807, 2.05) is 39.1 Å². The molecule has 1 atom stereocenters. The fourth-order valence-corrected chi connectivity index (χ4v) is 3.62. The van der Waals surface area contributed by atoms with Gasteiger partial charge in [-0.1, -0.05) is 13.8 Å². The summed E-state index contributed by atoms with van der Waals surface area (Å²) < 4.78 is 0. The molecule has 2 aromatic heterocycles. The summed E-state index contributed by atoms with van der Waals surface area (Å²) in [5.74, 6) is 1.45. The van der Waals surface area contributed by atoms with Gasteiger partial charge >= 0.3 is 0 Å². The Morgan fingerprint density at radius 3 is 2.79 bits per heavy atom. The summed E-state index contributed by atoms with van der Waals surface area (Å²) in [4.78, 5) is 22.6. The number of carbonyl (C=O) groups is 1. The van der Waals surface area contributed by atoms with Crippen LogP contribution < -0.4 is 22.1 Å². The van der Waals surface area contributed by atoms with Crippen LogP contribution in [0.1, 0.15) is 32.3 Å². The predicted octanol–water partition coefficient (Wildman–Crippen LogP) is 2.54. The number of nitrogens with one attached hydrogen (secondary N) is 3. The molecule has 3 heterocycles. The molecule has 0 bridgehead atoms. The number of nitrogens with zero attached hydrogens (tertiary/aromatic N) is 3. The van der Waals surface area contributed by atoms with Crippen molar-refractivity contribution >= 4 is 34.5 Å². The van der Waals surface area contributed by atoms with Crippen molar-refractivity contribution in [3.63, 3.8) is 0 Å². The van der Waals surface area contributed by atoms with Gasteiger partial charge in [0.2, 0.25) is 5.91 Å². The smallest absolute Gasteiger partial charge is 0.222 e. The monoisotopic (exact) mass is 448 g/mol. The van der Waals surface area contributed by atoms with Gasteiger partial charge in [-0.2, -0.15) is 0 Å². The van der Waals surface area contributed by atoms with Crippen molar-refractivity contribution in [3.8, 4) is 0 Å². The Morgan fingerprint density at radius 2 is 2.15 bits per heavy atom. The number of hydrogen-bond acceptors (Lipinski definition) is 8. The van der Waals surface area contributed by atoms with E-state index in [0.717, 1.165) is 23.1 Å². The topological polar surface area (TPSA) is 146 Å². The van der Waals surface area contributed by atoms with Gasteiger partial charge in [-0.25, -0.2) is 4.98 Å². The van der Waals surface area contributed by atoms with Crippen LogP contribution in [0.5, 0.6) is 0 Å². The molecule has 1 saturated heterocycles. The molecular weight excluding hydrogens is 416 g/mol. The number of pyridine rings is 2. The molecule has 0 spiro atoms. The lowest BCUT2D eigenvalue weighted by Gasteiger charge is -2.19. The molecule has 174 valence electrons. The van der Waals surface area contributed by atoms with Gasteiger partial charge in [0.25, 0.3) is 0 Å². The highest BCUT2D eigenvalue weighted by Gasteiger charge is 2.26. The predicted molar refractivity (Wildman–Crippen MR) is 133 cm³/mol. The van der Waals surface area contributed by atoms with E-state index in [1.165, 1.54) is 6.21 Å². The second-order valence-corrected chi connectivity index (χ2v) is 8.35. The lowest BCUT2D eigenvalue weighted by Crippen LogP contribution is -2.35. The minimum absolute atomic E-state index is 0.162. The molecular formula is C24H32N8O. The molecule has 2 aromatic rings. The quantitative estimate of drug-likeness (QED) is 0.293. The first-order valence-corrected chi connectivity index (χ1v) is 10.9. The Hall–Kier alpha value is -3.88. The number of likely N-dealkylation sites (N-methyl/N-ethyl adjacent to an activating group) is 1. The molecule has 0 unspecified atom stereocenters. The molecule has 0 radical (unpaired) electrons. The number of nitrogens with two attached hydrogens (primary N) is 2. The molecule has 1 fully saturated rings. The first-order valence-electron chi connectivity index (χ1n) is 10.9. The summed E-state index contributed by atoms with van der Waals surface area (Å²) >= 11 is 0. The van der Waals surface area contributed by atoms with Gasteiger partial charge in [0, 0.05) is 55.8 Å². The zero-order valence-corrected chi connectivity index (χ0v) is 19.3. The maximum Gasteiger partial charge on any atom is 0.222 e. The second kappa shape index (κ2) is 10.6. The Kier molecular flexibility index (Phi) is 7.66. The molecule has 1 aliphatic rings. The van der Waals surface area contributed by atoms with E-state index in [-0.39, 0.29) is 17.9 Å². The number of aromatic nitrogens is 2. The van der Waals surface area contributed by atoms with Crippen molar-refractivity contribution in [2.24, 2.45) is 17.4 Å². The average molecular weight is 449 g/mol. The second-order valence-electron chi connectivity index (χ2n) is 8.35. The number of allylic oxidation sites excluding steroid dienone is 3. The lowest BCUT2D eigenvalue weighted by atomic mass is 10.0. The van der Waals surface area contributed by atoms with E-state index in [0.29, 0.717) is 35.7 Å². The van der Waals surface area contributed by atoms with E-state index in [2.05, 4.69) is 20.6 Å². The summed E-state index contributed by atoms with van der Waals surface area (Å²) in [6, 6.07) is 5.72. The van der Waals surface area contributed by atoms with E-state index in [1.54, 1.807) is 29.6 Å². The number of fused-ring (bicyclic) bond motifs is 1. The first-order chi connectivity index (χ1) is 15.8. The SMILES string of the molecule is CC(C)C(=C/N)/C=C(\N)Nc1ccc2ncc(/C(C=N)=C/NC[C@@H]3CCC(=O)N3C)cc2n1. The Morgan fingerprint density at radius 1 is 1.36 bits per heavy atom. The van der Waals surface area contributed by atoms with Gasteiger partial charge in [-0.05, 0) is 48.4 Å². The zero-order valence-electron chi connectivity index (χ0n) is 19.3. The third kappa shape index (κ3) is 5.88. The average Bonchev–Trinajstić information content (AvgIpc) is 3.12. The van der Waals surface area contributed by atoms with Crippen LogP contribution in [-0.2, 0) is 4.79 Å². The van der Waals surface area contributed by atoms with Gasteiger partial charge in [-0.3, -0.25) is 9.78 Å². The van der Waals surface area contributed by atoms with Crippen LogP contribution in [0.3, 0.4) is 0 Å². The highest BCUT2D eigenvalue weighted by atomic mass is 16.2. The van der Waals surface area contributed by atoms with E-state index in [4.69, 9.17) is 16.9 Å². The van der Waals surface area contributed by atoms with Gasteiger partial charge in [0.05, 0.1) is 11.0 Å². The number of amides is 1. The zero-order chi connectivity index (χ0) is 24.0. The van der Waals surface area contributed by atoms with Crippen LogP contribution in [0.15, 0.2) is 54.3 Å². The third-order valence-electron chi connectivity index (χ3n) is 5.72. The highest BCUT2D eigenvalue weighted by Crippen LogP contribution is 2.20. The summed E-state index contributed by atoms with van der Waals surface area (Å²) in [7, 11) is 1.82. The molecule has 1 aliphatic heterocycles. The van der Waals surface area contributed by atoms with Gasteiger partial charge in [-0.15, -0.1) is 0 Å². The van der Waals surface area contributed by atoms with Gasteiger partial charge in [0.15, 0.2) is 0 Å². The molecule has 9 heteroatoms. The van der Waals surface area contributed by atoms with Gasteiger partial charge in [0.1, 0.15) is 11.6 Å². The highest BCUT2D eigenvalue weighted by molar-refractivity contribution is 6.08. The maximum atomic E-state index is 11.7. The van der Waals surface area contributed by atoms with Crippen LogP contribution >= 0.6 is 0 Å². The fraction of sp³-hybridized carbons (Fsp3) is 0.333. The van der Waals surface area contributed by atoms with Crippen LogP contribution in [0, 0.1) is 11.3 Å². The molecule has 33 heavy (non-hydrogen) atoms. The van der Waals surface area contributed by atoms with Crippen molar-refractivity contribution in [3.05, 3.63) is 59.8 Å². The number of likely N-dealkylation sites (tertiary alicyclic amines) is 1. The van der Waals surface area contributed by atoms with Crippen LogP contribution in [0.2, 0.25) is 0 Å². The standard InChI is InChI=1S/C24H32N8O/c1-15(2)16(10-25)9-22(27)31-23-6-5-20-21(30-23)8-17(13-29-20)18(11-26)12-28-14-19-4-7-24(33)32(19)3/h5-6,8-13,15,19,26,28H,4,7,14,25,27H2,1-3H3,(H,30,31)/b16-10+,18-12+,22-9+,26-11?/t19-/m0/s1. The molecule has 0 aromatic carbocycles. The Bertz CT molecular complexity index is 1120. The van der Waals surface area contributed by atoms with Crippen LogP contribution in [-0.4, -0.2) is 46.6 Å². The summed E-state index contributed by atoms with van der Waals surface area (Å²) in [6.45, 7) is 4.71. The van der Waals surface area contributed by atoms with E-state index < -0.39 is 0 Å². The fourth-order valence-electron chi connectivity index (χ4n) is 3.62. The molecule has 1 amide bonds. The summed E-state index contributed by atoms with van der Waals surface area (Å²) in [5, 5.41) is 14.1.